The number of nitrogens with zero attached hydrogens (tertiary/aromatic N) is 1. The van der Waals surface area contributed by atoms with Crippen molar-refractivity contribution in [1.82, 2.24) is 0 Å². The van der Waals surface area contributed by atoms with Crippen LogP contribution >= 0.6 is 0 Å². The summed E-state index contributed by atoms with van der Waals surface area (Å²) in [7, 11) is -3.50. The number of hydrogen-bond donors (Lipinski definition) is 1. The number of nitro groups is 1. The highest BCUT2D eigenvalue weighted by molar-refractivity contribution is 7.90. The van der Waals surface area contributed by atoms with Crippen molar-refractivity contribution in [3.8, 4) is 5.75 Å². The second-order valence-corrected chi connectivity index (χ2v) is 7.53. The summed E-state index contributed by atoms with van der Waals surface area (Å²) in [5.74, 6) is 0.0455. The molecule has 116 valence electrons. The summed E-state index contributed by atoms with van der Waals surface area (Å²) >= 11 is 0. The fourth-order valence-corrected chi connectivity index (χ4v) is 3.08. The molecule has 0 spiro atoms. The topological polar surface area (TPSA) is 113 Å². The molecule has 1 aromatic carbocycles. The Bertz CT molecular complexity index is 651. The molecular weight excluding hydrogens is 296 g/mol. The lowest BCUT2D eigenvalue weighted by atomic mass is 10.0. The van der Waals surface area contributed by atoms with Crippen molar-refractivity contribution < 1.29 is 18.1 Å². The Morgan fingerprint density at radius 3 is 2.52 bits per heavy atom. The molecule has 1 aromatic rings. The van der Waals surface area contributed by atoms with Crippen molar-refractivity contribution in [2.75, 3.05) is 12.9 Å². The third kappa shape index (κ3) is 3.70. The second-order valence-electron chi connectivity index (χ2n) is 5.52. The Morgan fingerprint density at radius 2 is 2.00 bits per heavy atom. The van der Waals surface area contributed by atoms with Crippen LogP contribution in [-0.4, -0.2) is 31.7 Å². The predicted octanol–water partition coefficient (Wildman–Crippen LogP) is 1.65. The van der Waals surface area contributed by atoms with Gasteiger partial charge in [-0.1, -0.05) is 12.8 Å². The van der Waals surface area contributed by atoms with Crippen molar-refractivity contribution in [3.63, 3.8) is 0 Å². The number of ether oxygens (including phenoxy) is 1. The highest BCUT2D eigenvalue weighted by Gasteiger charge is 2.31. The molecule has 0 bridgehead atoms. The predicted molar refractivity (Wildman–Crippen MR) is 77.1 cm³/mol. The maximum absolute atomic E-state index is 11.5. The normalized spacial score (nSPS) is 17.6. The Hall–Kier alpha value is -1.67. The van der Waals surface area contributed by atoms with Gasteiger partial charge in [-0.05, 0) is 25.0 Å². The second kappa shape index (κ2) is 5.61. The molecule has 0 aromatic heterocycles. The molecule has 0 aliphatic heterocycles. The number of nitrogens with two attached hydrogens (primary N) is 1. The number of rotatable bonds is 5. The van der Waals surface area contributed by atoms with Gasteiger partial charge in [-0.3, -0.25) is 10.1 Å². The molecule has 1 aliphatic rings. The first-order valence-electron chi connectivity index (χ1n) is 6.61. The van der Waals surface area contributed by atoms with Crippen molar-refractivity contribution in [2.24, 2.45) is 5.73 Å². The van der Waals surface area contributed by atoms with Crippen molar-refractivity contribution in [3.05, 3.63) is 28.3 Å². The van der Waals surface area contributed by atoms with Crippen LogP contribution in [0.3, 0.4) is 0 Å². The van der Waals surface area contributed by atoms with Gasteiger partial charge in [-0.2, -0.15) is 0 Å². The van der Waals surface area contributed by atoms with E-state index in [1.807, 2.05) is 0 Å². The molecule has 8 heteroatoms. The molecular formula is C13H18N2O5S. The van der Waals surface area contributed by atoms with Gasteiger partial charge in [0, 0.05) is 12.3 Å². The van der Waals surface area contributed by atoms with Gasteiger partial charge in [0.25, 0.3) is 0 Å². The maximum Gasteiger partial charge on any atom is 0.312 e. The average molecular weight is 314 g/mol. The van der Waals surface area contributed by atoms with Crippen molar-refractivity contribution >= 4 is 15.5 Å². The molecule has 1 aliphatic carbocycles. The first-order valence-corrected chi connectivity index (χ1v) is 8.51. The average Bonchev–Trinajstić information content (AvgIpc) is 2.82. The Labute approximate surface area is 123 Å². The summed E-state index contributed by atoms with van der Waals surface area (Å²) in [5, 5.41) is 11.1. The largest absolute Gasteiger partial charge is 0.485 e. The summed E-state index contributed by atoms with van der Waals surface area (Å²) in [6.45, 7) is 0.187. The van der Waals surface area contributed by atoms with Crippen LogP contribution in [0.15, 0.2) is 23.1 Å². The minimum Gasteiger partial charge on any atom is -0.485 e. The maximum atomic E-state index is 11.5. The van der Waals surface area contributed by atoms with Crippen molar-refractivity contribution in [2.45, 2.75) is 36.1 Å². The molecule has 1 fully saturated rings. The van der Waals surface area contributed by atoms with E-state index in [9.17, 15) is 18.5 Å². The first kappa shape index (κ1) is 15.7. The van der Waals surface area contributed by atoms with Gasteiger partial charge in [0.2, 0.25) is 0 Å². The minimum atomic E-state index is -3.50. The van der Waals surface area contributed by atoms with Crippen molar-refractivity contribution in [1.29, 1.82) is 0 Å². The van der Waals surface area contributed by atoms with E-state index in [0.717, 1.165) is 38.0 Å². The molecule has 0 unspecified atom stereocenters. The SMILES string of the molecule is CS(=O)(=O)c1ccc(OCC2(N)CCCC2)c([N+](=O)[O-])c1. The van der Waals surface area contributed by atoms with Crippen LogP contribution in [0.1, 0.15) is 25.7 Å². The zero-order chi connectivity index (χ0) is 15.7. The van der Waals surface area contributed by atoms with Crippen LogP contribution < -0.4 is 10.5 Å². The Morgan fingerprint density at radius 1 is 1.38 bits per heavy atom. The fraction of sp³-hybridized carbons (Fsp3) is 0.538. The molecule has 21 heavy (non-hydrogen) atoms. The Balaban J connectivity index is 2.25. The summed E-state index contributed by atoms with van der Waals surface area (Å²) in [4.78, 5) is 10.3. The lowest BCUT2D eigenvalue weighted by Gasteiger charge is -2.23. The highest BCUT2D eigenvalue weighted by Crippen LogP contribution is 2.32. The van der Waals surface area contributed by atoms with Gasteiger partial charge in [0.15, 0.2) is 15.6 Å². The number of nitro benzene ring substituents is 1. The van der Waals surface area contributed by atoms with Gasteiger partial charge < -0.3 is 10.5 Å². The molecule has 0 atom stereocenters. The third-order valence-corrected chi connectivity index (χ3v) is 4.78. The number of hydrogen-bond acceptors (Lipinski definition) is 6. The zero-order valence-corrected chi connectivity index (χ0v) is 12.6. The van der Waals surface area contributed by atoms with Crippen LogP contribution in [0.25, 0.3) is 0 Å². The summed E-state index contributed by atoms with van der Waals surface area (Å²) < 4.78 is 28.4. The summed E-state index contributed by atoms with van der Waals surface area (Å²) in [5.41, 5.74) is 5.32. The summed E-state index contributed by atoms with van der Waals surface area (Å²) in [6, 6.07) is 3.63. The molecule has 0 amide bonds. The number of benzene rings is 1. The third-order valence-electron chi connectivity index (χ3n) is 3.67. The van der Waals surface area contributed by atoms with Gasteiger partial charge in [0.05, 0.1) is 15.4 Å². The lowest BCUT2D eigenvalue weighted by molar-refractivity contribution is -0.386. The summed E-state index contributed by atoms with van der Waals surface area (Å²) in [6.07, 6.45) is 4.69. The van der Waals surface area contributed by atoms with Crippen LogP contribution in [0, 0.1) is 10.1 Å². The molecule has 1 saturated carbocycles. The smallest absolute Gasteiger partial charge is 0.312 e. The van der Waals surface area contributed by atoms with E-state index in [2.05, 4.69) is 0 Å². The quantitative estimate of drug-likeness (QED) is 0.653. The minimum absolute atomic E-state index is 0.0455. The fourth-order valence-electron chi connectivity index (χ4n) is 2.44. The van der Waals surface area contributed by atoms with Gasteiger partial charge in [-0.25, -0.2) is 8.42 Å². The van der Waals surface area contributed by atoms with E-state index >= 15 is 0 Å². The molecule has 0 radical (unpaired) electrons. The Kier molecular flexibility index (Phi) is 4.20. The molecule has 2 rings (SSSR count). The van der Waals surface area contributed by atoms with E-state index in [1.165, 1.54) is 12.1 Å². The lowest BCUT2D eigenvalue weighted by Crippen LogP contribution is -2.42. The highest BCUT2D eigenvalue weighted by atomic mass is 32.2. The monoisotopic (exact) mass is 314 g/mol. The first-order chi connectivity index (χ1) is 9.71. The zero-order valence-electron chi connectivity index (χ0n) is 11.7. The van der Waals surface area contributed by atoms with Crippen LogP contribution in [0.4, 0.5) is 5.69 Å². The van der Waals surface area contributed by atoms with E-state index in [0.29, 0.717) is 0 Å². The van der Waals surface area contributed by atoms with E-state index < -0.39 is 20.3 Å². The standard InChI is InChI=1S/C13H18N2O5S/c1-21(18,19)10-4-5-12(11(8-10)15(16)17)20-9-13(14)6-2-3-7-13/h4-5,8H,2-3,6-7,9,14H2,1H3. The molecule has 0 saturated heterocycles. The van der Waals surface area contributed by atoms with E-state index in [-0.39, 0.29) is 22.9 Å². The molecule has 2 N–H and O–H groups in total. The van der Waals surface area contributed by atoms with Gasteiger partial charge in [0.1, 0.15) is 6.61 Å². The van der Waals surface area contributed by atoms with Crippen LogP contribution in [0.5, 0.6) is 5.75 Å². The number of sulfone groups is 1. The van der Waals surface area contributed by atoms with Gasteiger partial charge in [-0.15, -0.1) is 0 Å². The molecule has 0 heterocycles. The van der Waals surface area contributed by atoms with E-state index in [1.54, 1.807) is 0 Å². The van der Waals surface area contributed by atoms with Crippen LogP contribution in [0.2, 0.25) is 0 Å². The van der Waals surface area contributed by atoms with Gasteiger partial charge >= 0.3 is 5.69 Å². The van der Waals surface area contributed by atoms with E-state index in [4.69, 9.17) is 10.5 Å². The molecule has 7 nitrogen and oxygen atoms in total. The van der Waals surface area contributed by atoms with Crippen LogP contribution in [-0.2, 0) is 9.84 Å².